The van der Waals surface area contributed by atoms with Crippen molar-refractivity contribution in [1.82, 2.24) is 5.32 Å². The number of esters is 1. The summed E-state index contributed by atoms with van der Waals surface area (Å²) in [5, 5.41) is 11.3. The number of amides is 1. The van der Waals surface area contributed by atoms with Gasteiger partial charge in [-0.3, -0.25) is 9.59 Å². The molecule has 0 heterocycles. The van der Waals surface area contributed by atoms with Crippen LogP contribution in [-0.2, 0) is 25.7 Å². The van der Waals surface area contributed by atoms with E-state index < -0.39 is 36.5 Å². The van der Waals surface area contributed by atoms with E-state index in [4.69, 9.17) is 24.1 Å². The normalized spacial score (nSPS) is 11.1. The largest absolute Gasteiger partial charge is 0.496 e. The predicted octanol–water partition coefficient (Wildman–Crippen LogP) is 2.59. The zero-order valence-corrected chi connectivity index (χ0v) is 18.2. The molecule has 0 radical (unpaired) electrons. The Bertz CT molecular complexity index is 953. The lowest BCUT2D eigenvalue weighted by molar-refractivity contribution is -0.137. The van der Waals surface area contributed by atoms with Crippen LogP contribution in [0.25, 0.3) is 0 Å². The molecule has 0 saturated carbocycles. The Morgan fingerprint density at radius 2 is 1.55 bits per heavy atom. The van der Waals surface area contributed by atoms with Crippen LogP contribution in [0.2, 0.25) is 0 Å². The summed E-state index contributed by atoms with van der Waals surface area (Å²) in [6, 6.07) is 12.3. The number of alkyl carbamates (subject to hydrolysis) is 1. The highest BCUT2D eigenvalue weighted by Gasteiger charge is 2.26. The van der Waals surface area contributed by atoms with Crippen LogP contribution in [0.1, 0.15) is 28.8 Å². The van der Waals surface area contributed by atoms with Gasteiger partial charge in [0.1, 0.15) is 23.7 Å². The van der Waals surface area contributed by atoms with Crippen molar-refractivity contribution in [3.63, 3.8) is 0 Å². The van der Waals surface area contributed by atoms with Gasteiger partial charge in [-0.2, -0.15) is 0 Å². The van der Waals surface area contributed by atoms with E-state index in [0.29, 0.717) is 0 Å². The molecule has 33 heavy (non-hydrogen) atoms. The van der Waals surface area contributed by atoms with E-state index >= 15 is 0 Å². The summed E-state index contributed by atoms with van der Waals surface area (Å²) >= 11 is 0. The van der Waals surface area contributed by atoms with Gasteiger partial charge in [-0.25, -0.2) is 9.59 Å². The number of carbonyl (C=O) groups excluding carboxylic acids is 3. The molecule has 0 spiro atoms. The number of hydrogen-bond acceptors (Lipinski definition) is 8. The van der Waals surface area contributed by atoms with Crippen LogP contribution in [0.15, 0.2) is 48.5 Å². The van der Waals surface area contributed by atoms with Crippen molar-refractivity contribution in [3.8, 4) is 11.5 Å². The number of rotatable bonds is 12. The Morgan fingerprint density at radius 3 is 2.12 bits per heavy atom. The van der Waals surface area contributed by atoms with Gasteiger partial charge in [0, 0.05) is 6.42 Å². The smallest absolute Gasteiger partial charge is 0.408 e. The molecular formula is C23H25NO9. The second-order valence-electron chi connectivity index (χ2n) is 6.77. The second kappa shape index (κ2) is 12.7. The molecule has 0 aliphatic heterocycles. The highest BCUT2D eigenvalue weighted by Crippen LogP contribution is 2.28. The molecule has 0 aliphatic carbocycles. The van der Waals surface area contributed by atoms with Crippen molar-refractivity contribution in [3.05, 3.63) is 59.7 Å². The quantitative estimate of drug-likeness (QED) is 0.459. The second-order valence-corrected chi connectivity index (χ2v) is 6.77. The molecule has 10 heteroatoms. The monoisotopic (exact) mass is 459 g/mol. The van der Waals surface area contributed by atoms with Gasteiger partial charge in [-0.15, -0.1) is 0 Å². The Kier molecular flexibility index (Phi) is 9.69. The van der Waals surface area contributed by atoms with Gasteiger partial charge in [-0.1, -0.05) is 36.4 Å². The zero-order chi connectivity index (χ0) is 24.2. The van der Waals surface area contributed by atoms with Gasteiger partial charge in [0.15, 0.2) is 12.4 Å². The third-order valence-corrected chi connectivity index (χ3v) is 4.52. The first-order valence-electron chi connectivity index (χ1n) is 9.95. The van der Waals surface area contributed by atoms with E-state index in [0.717, 1.165) is 5.56 Å². The lowest BCUT2D eigenvalue weighted by atomic mass is 10.1. The van der Waals surface area contributed by atoms with Crippen LogP contribution in [0.4, 0.5) is 4.79 Å². The molecular weight excluding hydrogens is 434 g/mol. The van der Waals surface area contributed by atoms with Crippen LogP contribution in [0, 0.1) is 0 Å². The fraction of sp³-hybridized carbons (Fsp3) is 0.304. The number of benzene rings is 2. The first-order valence-corrected chi connectivity index (χ1v) is 9.95. The average molecular weight is 459 g/mol. The number of ketones is 1. The van der Waals surface area contributed by atoms with Crippen LogP contribution in [0.5, 0.6) is 11.5 Å². The fourth-order valence-electron chi connectivity index (χ4n) is 2.85. The van der Waals surface area contributed by atoms with E-state index in [1.165, 1.54) is 26.4 Å². The van der Waals surface area contributed by atoms with Gasteiger partial charge >= 0.3 is 18.0 Å². The number of hydrogen-bond donors (Lipinski definition) is 2. The van der Waals surface area contributed by atoms with Gasteiger partial charge < -0.3 is 29.4 Å². The number of aliphatic carboxylic acids is 1. The summed E-state index contributed by atoms with van der Waals surface area (Å²) in [4.78, 5) is 48.2. The zero-order valence-electron chi connectivity index (χ0n) is 18.2. The molecule has 1 atom stereocenters. The van der Waals surface area contributed by atoms with Gasteiger partial charge in [0.2, 0.25) is 0 Å². The number of carbonyl (C=O) groups is 4. The first kappa shape index (κ1) is 25.2. The summed E-state index contributed by atoms with van der Waals surface area (Å²) in [5.41, 5.74) is 0.730. The molecule has 10 nitrogen and oxygen atoms in total. The van der Waals surface area contributed by atoms with E-state index in [-0.39, 0.29) is 36.5 Å². The standard InChI is InChI=1S/C23H25NO9/c1-30-18-9-6-10-19(31-2)21(18)22(28)32-14-17(25)16(11-12-20(26)27)24-23(29)33-13-15-7-4-3-5-8-15/h3-10,16H,11-14H2,1-2H3,(H,24,29)(H,26,27)/t16-/m0/s1. The predicted molar refractivity (Wildman–Crippen MR) is 115 cm³/mol. The van der Waals surface area contributed by atoms with Crippen molar-refractivity contribution in [1.29, 1.82) is 0 Å². The lowest BCUT2D eigenvalue weighted by Gasteiger charge is -2.17. The maximum atomic E-state index is 12.6. The Morgan fingerprint density at radius 1 is 0.909 bits per heavy atom. The molecule has 0 saturated heterocycles. The number of ether oxygens (including phenoxy) is 4. The van der Waals surface area contributed by atoms with E-state index in [9.17, 15) is 19.2 Å². The van der Waals surface area contributed by atoms with Crippen molar-refractivity contribution in [2.24, 2.45) is 0 Å². The summed E-state index contributed by atoms with van der Waals surface area (Å²) in [6.07, 6.45) is -1.49. The molecule has 0 unspecified atom stereocenters. The molecule has 0 aromatic heterocycles. The Hall–Kier alpha value is -4.08. The third kappa shape index (κ3) is 7.84. The Balaban J connectivity index is 2.01. The molecule has 176 valence electrons. The van der Waals surface area contributed by atoms with Crippen LogP contribution < -0.4 is 14.8 Å². The summed E-state index contributed by atoms with van der Waals surface area (Å²) in [6.45, 7) is -0.738. The molecule has 0 bridgehead atoms. The molecule has 0 aliphatic rings. The van der Waals surface area contributed by atoms with Crippen LogP contribution in [-0.4, -0.2) is 55.8 Å². The molecule has 1 amide bonds. The van der Waals surface area contributed by atoms with Crippen LogP contribution in [0.3, 0.4) is 0 Å². The van der Waals surface area contributed by atoms with Gasteiger partial charge in [0.05, 0.1) is 20.3 Å². The van der Waals surface area contributed by atoms with Gasteiger partial charge in [0.25, 0.3) is 0 Å². The highest BCUT2D eigenvalue weighted by molar-refractivity contribution is 5.97. The maximum Gasteiger partial charge on any atom is 0.408 e. The van der Waals surface area contributed by atoms with E-state index in [1.54, 1.807) is 30.3 Å². The molecule has 2 aromatic rings. The average Bonchev–Trinajstić information content (AvgIpc) is 2.83. The van der Waals surface area contributed by atoms with Crippen molar-refractivity contribution < 1.29 is 43.2 Å². The topological polar surface area (TPSA) is 137 Å². The van der Waals surface area contributed by atoms with E-state index in [2.05, 4.69) is 5.32 Å². The molecule has 2 rings (SSSR count). The summed E-state index contributed by atoms with van der Waals surface area (Å²) in [5.74, 6) is -2.34. The van der Waals surface area contributed by atoms with Crippen molar-refractivity contribution >= 4 is 23.8 Å². The summed E-state index contributed by atoms with van der Waals surface area (Å²) in [7, 11) is 2.73. The number of carboxylic acid groups (broad SMARTS) is 1. The summed E-state index contributed by atoms with van der Waals surface area (Å²) < 4.78 is 20.4. The third-order valence-electron chi connectivity index (χ3n) is 4.52. The molecule has 2 aromatic carbocycles. The van der Waals surface area contributed by atoms with Crippen molar-refractivity contribution in [2.75, 3.05) is 20.8 Å². The number of methoxy groups -OCH3 is 2. The fourth-order valence-corrected chi connectivity index (χ4v) is 2.85. The minimum atomic E-state index is -1.23. The highest BCUT2D eigenvalue weighted by atomic mass is 16.6. The van der Waals surface area contributed by atoms with Gasteiger partial charge in [-0.05, 0) is 24.1 Å². The number of Topliss-reactive ketones (excluding diaryl/α,β-unsaturated/α-hetero) is 1. The Labute approximate surface area is 190 Å². The lowest BCUT2D eigenvalue weighted by Crippen LogP contribution is -2.43. The molecule has 2 N–H and O–H groups in total. The SMILES string of the molecule is COc1cccc(OC)c1C(=O)OCC(=O)[C@H](CCC(=O)O)NC(=O)OCc1ccccc1. The maximum absolute atomic E-state index is 12.6. The van der Waals surface area contributed by atoms with E-state index in [1.807, 2.05) is 6.07 Å². The number of nitrogens with one attached hydrogen (secondary N) is 1. The minimum Gasteiger partial charge on any atom is -0.496 e. The van der Waals surface area contributed by atoms with Crippen molar-refractivity contribution in [2.45, 2.75) is 25.5 Å². The first-order chi connectivity index (χ1) is 15.8. The minimum absolute atomic E-state index is 0.00684. The number of carboxylic acids is 1. The van der Waals surface area contributed by atoms with Crippen LogP contribution >= 0.6 is 0 Å². The molecule has 0 fully saturated rings.